The first-order chi connectivity index (χ1) is 16.2. The van der Waals surface area contributed by atoms with Gasteiger partial charge in [-0.15, -0.1) is 0 Å². The van der Waals surface area contributed by atoms with E-state index in [2.05, 4.69) is 22.0 Å². The predicted octanol–water partition coefficient (Wildman–Crippen LogP) is 3.27. The van der Waals surface area contributed by atoms with Gasteiger partial charge in [0.05, 0.1) is 12.0 Å². The van der Waals surface area contributed by atoms with Gasteiger partial charge in [-0.25, -0.2) is 4.98 Å². The van der Waals surface area contributed by atoms with Crippen LogP contribution in [0.2, 0.25) is 0 Å². The van der Waals surface area contributed by atoms with E-state index in [1.807, 2.05) is 64.4 Å². The van der Waals surface area contributed by atoms with Crippen LogP contribution < -0.4 is 4.90 Å². The molecule has 6 nitrogen and oxygen atoms in total. The number of rotatable bonds is 2. The van der Waals surface area contributed by atoms with Crippen LogP contribution in [0.15, 0.2) is 72.9 Å². The minimum Gasteiger partial charge on any atom is -0.353 e. The second-order valence-electron chi connectivity index (χ2n) is 8.96. The normalized spacial score (nSPS) is 21.8. The Kier molecular flexibility index (Phi) is 4.86. The maximum atomic E-state index is 14.1. The SMILES string of the molecule is O=C(C1c2ccccc2C(=O)N2CCc3ccccc3C12)N1CCN(c2ccccn2)CC1. The Morgan fingerprint density at radius 2 is 1.55 bits per heavy atom. The van der Waals surface area contributed by atoms with E-state index in [9.17, 15) is 9.59 Å². The number of pyridine rings is 1. The van der Waals surface area contributed by atoms with Crippen molar-refractivity contribution in [2.24, 2.45) is 0 Å². The molecule has 0 radical (unpaired) electrons. The average Bonchev–Trinajstić information content (AvgIpc) is 2.89. The fraction of sp³-hybridized carbons (Fsp3) is 0.296. The number of benzene rings is 2. The summed E-state index contributed by atoms with van der Waals surface area (Å²) in [6.45, 7) is 3.45. The number of piperazine rings is 1. The molecule has 1 fully saturated rings. The van der Waals surface area contributed by atoms with Crippen molar-refractivity contribution in [3.63, 3.8) is 0 Å². The van der Waals surface area contributed by atoms with Crippen molar-refractivity contribution < 1.29 is 9.59 Å². The number of anilines is 1. The zero-order valence-electron chi connectivity index (χ0n) is 18.4. The molecule has 33 heavy (non-hydrogen) atoms. The van der Waals surface area contributed by atoms with E-state index in [4.69, 9.17) is 0 Å². The maximum absolute atomic E-state index is 14.1. The van der Waals surface area contributed by atoms with Gasteiger partial charge in [-0.05, 0) is 41.3 Å². The molecule has 2 unspecified atom stereocenters. The fourth-order valence-corrected chi connectivity index (χ4v) is 5.63. The molecule has 2 aromatic carbocycles. The molecule has 0 aliphatic carbocycles. The molecular weight excluding hydrogens is 412 g/mol. The van der Waals surface area contributed by atoms with Crippen LogP contribution in [0.25, 0.3) is 0 Å². The number of hydrogen-bond acceptors (Lipinski definition) is 4. The van der Waals surface area contributed by atoms with Crippen molar-refractivity contribution in [3.05, 3.63) is 95.2 Å². The van der Waals surface area contributed by atoms with Gasteiger partial charge in [0, 0.05) is 44.5 Å². The Bertz CT molecular complexity index is 1200. The van der Waals surface area contributed by atoms with Crippen molar-refractivity contribution in [3.8, 4) is 0 Å². The lowest BCUT2D eigenvalue weighted by Crippen LogP contribution is -2.54. The number of aromatic nitrogens is 1. The number of carbonyl (C=O) groups is 2. The zero-order chi connectivity index (χ0) is 22.4. The molecule has 6 rings (SSSR count). The van der Waals surface area contributed by atoms with Gasteiger partial charge in [0.15, 0.2) is 0 Å². The number of amides is 2. The average molecular weight is 439 g/mol. The Hall–Kier alpha value is -3.67. The summed E-state index contributed by atoms with van der Waals surface area (Å²) in [5.74, 6) is 0.712. The Morgan fingerprint density at radius 3 is 2.33 bits per heavy atom. The molecule has 0 N–H and O–H groups in total. The Balaban J connectivity index is 1.34. The van der Waals surface area contributed by atoms with Crippen LogP contribution in [0.4, 0.5) is 5.82 Å². The predicted molar refractivity (Wildman–Crippen MR) is 126 cm³/mol. The molecule has 6 heteroatoms. The molecule has 4 heterocycles. The van der Waals surface area contributed by atoms with Crippen LogP contribution in [0.5, 0.6) is 0 Å². The molecule has 2 atom stereocenters. The van der Waals surface area contributed by atoms with Crippen LogP contribution >= 0.6 is 0 Å². The number of fused-ring (bicyclic) bond motifs is 4. The molecule has 166 valence electrons. The summed E-state index contributed by atoms with van der Waals surface area (Å²) >= 11 is 0. The topological polar surface area (TPSA) is 56.8 Å². The van der Waals surface area contributed by atoms with Crippen molar-refractivity contribution in [1.29, 1.82) is 0 Å². The third-order valence-corrected chi connectivity index (χ3v) is 7.27. The molecule has 0 saturated carbocycles. The first-order valence-corrected chi connectivity index (χ1v) is 11.6. The van der Waals surface area contributed by atoms with E-state index in [0.29, 0.717) is 25.2 Å². The third-order valence-electron chi connectivity index (χ3n) is 7.27. The van der Waals surface area contributed by atoms with Crippen molar-refractivity contribution in [2.45, 2.75) is 18.4 Å². The summed E-state index contributed by atoms with van der Waals surface area (Å²) < 4.78 is 0. The van der Waals surface area contributed by atoms with Gasteiger partial charge in [0.1, 0.15) is 5.82 Å². The molecule has 0 bridgehead atoms. The van der Waals surface area contributed by atoms with Gasteiger partial charge in [0.2, 0.25) is 5.91 Å². The Morgan fingerprint density at radius 1 is 0.818 bits per heavy atom. The highest BCUT2D eigenvalue weighted by molar-refractivity contribution is 6.01. The monoisotopic (exact) mass is 438 g/mol. The van der Waals surface area contributed by atoms with Crippen LogP contribution in [0, 0.1) is 0 Å². The zero-order valence-corrected chi connectivity index (χ0v) is 18.4. The molecule has 1 saturated heterocycles. The number of hydrogen-bond donors (Lipinski definition) is 0. The molecular formula is C27H26N4O2. The summed E-state index contributed by atoms with van der Waals surface area (Å²) in [6.07, 6.45) is 2.63. The summed E-state index contributed by atoms with van der Waals surface area (Å²) in [5.41, 5.74) is 3.87. The minimum atomic E-state index is -0.387. The van der Waals surface area contributed by atoms with Gasteiger partial charge in [-0.2, -0.15) is 0 Å². The van der Waals surface area contributed by atoms with Gasteiger partial charge in [-0.1, -0.05) is 48.5 Å². The van der Waals surface area contributed by atoms with Crippen LogP contribution in [-0.2, 0) is 11.2 Å². The fourth-order valence-electron chi connectivity index (χ4n) is 5.63. The minimum absolute atomic E-state index is 0.0362. The summed E-state index contributed by atoms with van der Waals surface area (Å²) in [5, 5.41) is 0. The first-order valence-electron chi connectivity index (χ1n) is 11.6. The second-order valence-corrected chi connectivity index (χ2v) is 8.96. The number of carbonyl (C=O) groups excluding carboxylic acids is 2. The van der Waals surface area contributed by atoms with E-state index >= 15 is 0 Å². The maximum Gasteiger partial charge on any atom is 0.254 e. The molecule has 2 amide bonds. The van der Waals surface area contributed by atoms with E-state index in [1.54, 1.807) is 6.20 Å². The molecule has 3 aliphatic heterocycles. The highest BCUT2D eigenvalue weighted by atomic mass is 16.2. The standard InChI is InChI=1S/C27H26N4O2/c32-26-22-10-4-3-9-21(22)24(25-20-8-2-1-7-19(20)12-14-31(25)26)27(33)30-17-15-29(16-18-30)23-11-5-6-13-28-23/h1-11,13,24-25H,12,14-18H2. The van der Waals surface area contributed by atoms with Crippen LogP contribution in [0.3, 0.4) is 0 Å². The van der Waals surface area contributed by atoms with Crippen LogP contribution in [0.1, 0.15) is 39.0 Å². The number of nitrogens with zero attached hydrogens (tertiary/aromatic N) is 4. The smallest absolute Gasteiger partial charge is 0.254 e. The summed E-state index contributed by atoms with van der Waals surface area (Å²) in [4.78, 5) is 38.1. The van der Waals surface area contributed by atoms with E-state index in [0.717, 1.165) is 36.5 Å². The summed E-state index contributed by atoms with van der Waals surface area (Å²) in [7, 11) is 0. The van der Waals surface area contributed by atoms with E-state index < -0.39 is 0 Å². The van der Waals surface area contributed by atoms with Crippen molar-refractivity contribution in [2.75, 3.05) is 37.6 Å². The molecule has 0 spiro atoms. The quantitative estimate of drug-likeness (QED) is 0.616. The lowest BCUT2D eigenvalue weighted by atomic mass is 9.75. The largest absolute Gasteiger partial charge is 0.353 e. The first kappa shape index (κ1) is 20.0. The van der Waals surface area contributed by atoms with E-state index in [-0.39, 0.29) is 23.8 Å². The van der Waals surface area contributed by atoms with Gasteiger partial charge >= 0.3 is 0 Å². The van der Waals surface area contributed by atoms with Crippen LogP contribution in [-0.4, -0.2) is 59.3 Å². The van der Waals surface area contributed by atoms with Crippen molar-refractivity contribution >= 4 is 17.6 Å². The second kappa shape index (κ2) is 8.03. The third kappa shape index (κ3) is 3.28. The highest BCUT2D eigenvalue weighted by Crippen LogP contribution is 2.46. The molecule has 1 aromatic heterocycles. The lowest BCUT2D eigenvalue weighted by Gasteiger charge is -2.47. The van der Waals surface area contributed by atoms with Gasteiger partial charge in [-0.3, -0.25) is 9.59 Å². The van der Waals surface area contributed by atoms with Gasteiger partial charge < -0.3 is 14.7 Å². The van der Waals surface area contributed by atoms with E-state index in [1.165, 1.54) is 5.56 Å². The van der Waals surface area contributed by atoms with Gasteiger partial charge in [0.25, 0.3) is 5.91 Å². The molecule has 3 aromatic rings. The van der Waals surface area contributed by atoms with Crippen molar-refractivity contribution in [1.82, 2.24) is 14.8 Å². The lowest BCUT2D eigenvalue weighted by molar-refractivity contribution is -0.135. The highest BCUT2D eigenvalue weighted by Gasteiger charge is 2.47. The summed E-state index contributed by atoms with van der Waals surface area (Å²) in [6, 6.07) is 21.6. The Labute approximate surface area is 193 Å². The molecule has 3 aliphatic rings.